The van der Waals surface area contributed by atoms with Gasteiger partial charge < -0.3 is 0 Å². The Balaban J connectivity index is 2.43. The topological polar surface area (TPSA) is 23.8 Å². The molecule has 0 rings (SSSR count). The molecule has 0 aromatic rings. The van der Waals surface area contributed by atoms with Gasteiger partial charge in [0.2, 0.25) is 0 Å². The number of rotatable bonds is 0. The van der Waals surface area contributed by atoms with E-state index in [1.165, 1.54) is 0 Å². The Bertz CT molecular complexity index is 35.8. The molecule has 0 aliphatic carbocycles. The molecule has 0 aliphatic rings. The quantitative estimate of drug-likeness (QED) is 0.593. The summed E-state index contributed by atoms with van der Waals surface area (Å²) < 4.78 is 0. The van der Waals surface area contributed by atoms with Crippen molar-refractivity contribution in [3.05, 3.63) is 0 Å². The van der Waals surface area contributed by atoms with E-state index >= 15 is 0 Å². The van der Waals surface area contributed by atoms with Crippen LogP contribution in [0.5, 0.6) is 0 Å². The van der Waals surface area contributed by atoms with Crippen molar-refractivity contribution in [1.82, 2.24) is 0 Å². The fourth-order valence-electron chi connectivity index (χ4n) is 0. The molecule has 0 aromatic carbocycles. The minimum atomic E-state index is 0.653. The molecule has 0 saturated carbocycles. The second-order valence-electron chi connectivity index (χ2n) is 0.283. The summed E-state index contributed by atoms with van der Waals surface area (Å²) in [7, 11) is 0. The average Bonchev–Trinajstić information content (AvgIpc) is 1.37. The van der Waals surface area contributed by atoms with Crippen molar-refractivity contribution >= 4 is 0 Å². The van der Waals surface area contributed by atoms with Crippen molar-refractivity contribution in [1.29, 1.82) is 5.26 Å². The summed E-state index contributed by atoms with van der Waals surface area (Å²) in [5.74, 6) is 0. The van der Waals surface area contributed by atoms with Crippen molar-refractivity contribution in [3.8, 4) is 6.07 Å². The Kier molecular flexibility index (Phi) is 3.23. The summed E-state index contributed by atoms with van der Waals surface area (Å²) in [6.07, 6.45) is 0. The first kappa shape index (κ1) is 4.13. The first-order chi connectivity index (χ1) is 1.91. The van der Waals surface area contributed by atoms with Crippen molar-refractivity contribution in [2.24, 2.45) is 0 Å². The van der Waals surface area contributed by atoms with Crippen LogP contribution in [0.1, 0.15) is 0 Å². The van der Waals surface area contributed by atoms with E-state index in [2.05, 4.69) is 0 Å². The fraction of sp³-hybridized carbons (Fsp3) is 0.500. The molecule has 0 heterocycles. The first-order valence-electron chi connectivity index (χ1n) is 0.827. The molecule has 0 radical (unpaired) electrons. The van der Waals surface area contributed by atoms with E-state index in [-0.39, 0.29) is 0 Å². The van der Waals surface area contributed by atoms with Gasteiger partial charge in [-0.05, 0) is 0 Å². The SMILES string of the molecule is N#C[CH2][Os]. The van der Waals surface area contributed by atoms with Gasteiger partial charge in [0.25, 0.3) is 0 Å². The predicted molar refractivity (Wildman–Crippen MR) is 10.4 cm³/mol. The Morgan fingerprint density at radius 3 is 2.25 bits per heavy atom. The zero-order valence-corrected chi connectivity index (χ0v) is 4.55. The molecule has 0 aliphatic heterocycles. The number of nitrogens with zero attached hydrogens (tertiary/aromatic N) is 1. The Hall–Kier alpha value is 0.126. The standard InChI is InChI=1S/C2H2N.Os/c1-2-3;/h1H2;. The third-order valence-electron chi connectivity index (χ3n) is 0.0559. The van der Waals surface area contributed by atoms with Gasteiger partial charge in [-0.1, -0.05) is 0 Å². The molecule has 23 valence electrons. The van der Waals surface area contributed by atoms with E-state index in [0.29, 0.717) is 4.98 Å². The van der Waals surface area contributed by atoms with E-state index in [0.717, 1.165) is 0 Å². The molecule has 4 heavy (non-hydrogen) atoms. The van der Waals surface area contributed by atoms with Gasteiger partial charge in [-0.2, -0.15) is 0 Å². The van der Waals surface area contributed by atoms with Gasteiger partial charge in [0.15, 0.2) is 0 Å². The van der Waals surface area contributed by atoms with E-state index < -0.39 is 0 Å². The molecule has 0 N–H and O–H groups in total. The van der Waals surface area contributed by atoms with Gasteiger partial charge in [0.1, 0.15) is 0 Å². The molecule has 0 atom stereocenters. The molecule has 0 spiro atoms. The summed E-state index contributed by atoms with van der Waals surface area (Å²) in [5.41, 5.74) is 0. The summed E-state index contributed by atoms with van der Waals surface area (Å²) in [4.78, 5) is 0.653. The van der Waals surface area contributed by atoms with E-state index in [9.17, 15) is 0 Å². The Morgan fingerprint density at radius 2 is 2.25 bits per heavy atom. The Morgan fingerprint density at radius 1 is 2.00 bits per heavy atom. The second-order valence-corrected chi connectivity index (χ2v) is 1.18. The van der Waals surface area contributed by atoms with Gasteiger partial charge in [0.05, 0.1) is 0 Å². The van der Waals surface area contributed by atoms with Crippen LogP contribution >= 0.6 is 0 Å². The van der Waals surface area contributed by atoms with Gasteiger partial charge in [0, 0.05) is 0 Å². The van der Waals surface area contributed by atoms with Crippen LogP contribution in [-0.2, 0) is 18.6 Å². The van der Waals surface area contributed by atoms with Gasteiger partial charge in [-0.25, -0.2) is 0 Å². The molecule has 1 nitrogen and oxygen atoms in total. The van der Waals surface area contributed by atoms with E-state index in [4.69, 9.17) is 5.26 Å². The van der Waals surface area contributed by atoms with Gasteiger partial charge in [-0.15, -0.1) is 0 Å². The van der Waals surface area contributed by atoms with Crippen molar-refractivity contribution in [3.63, 3.8) is 0 Å². The van der Waals surface area contributed by atoms with Crippen molar-refractivity contribution in [2.75, 3.05) is 0 Å². The van der Waals surface area contributed by atoms with Crippen molar-refractivity contribution < 1.29 is 18.6 Å². The first-order valence-corrected chi connectivity index (χ1v) is 2.62. The second kappa shape index (κ2) is 3.13. The van der Waals surface area contributed by atoms with E-state index in [1.807, 2.05) is 6.07 Å². The van der Waals surface area contributed by atoms with Crippen LogP contribution < -0.4 is 0 Å². The molecule has 0 fully saturated rings. The molecule has 0 saturated heterocycles. The summed E-state index contributed by atoms with van der Waals surface area (Å²) >= 11 is 1.66. The van der Waals surface area contributed by atoms with Crippen LogP contribution in [0.15, 0.2) is 0 Å². The van der Waals surface area contributed by atoms with Gasteiger partial charge >= 0.3 is 34.9 Å². The monoisotopic (exact) mass is 232 g/mol. The third kappa shape index (κ3) is 2.13. The molecule has 0 amide bonds. The zero-order chi connectivity index (χ0) is 3.41. The Labute approximate surface area is 35.5 Å². The molecule has 0 unspecified atom stereocenters. The van der Waals surface area contributed by atoms with Crippen LogP contribution in [-0.4, -0.2) is 0 Å². The predicted octanol–water partition coefficient (Wildman–Crippen LogP) is 0.475. The van der Waals surface area contributed by atoms with Gasteiger partial charge in [-0.3, -0.25) is 0 Å². The number of hydrogen-bond donors (Lipinski definition) is 0. The summed E-state index contributed by atoms with van der Waals surface area (Å²) in [5, 5.41) is 7.63. The maximum absolute atomic E-state index is 7.63. The van der Waals surface area contributed by atoms with Crippen LogP contribution in [0.4, 0.5) is 0 Å². The van der Waals surface area contributed by atoms with Crippen molar-refractivity contribution in [2.45, 2.75) is 4.98 Å². The molecule has 2 heteroatoms. The molecule has 0 bridgehead atoms. The molecule has 0 aromatic heterocycles. The average molecular weight is 230 g/mol. The molecular weight excluding hydrogens is 228 g/mol. The third-order valence-corrected chi connectivity index (χ3v) is 0.458. The maximum atomic E-state index is 7.63. The van der Waals surface area contributed by atoms with Crippen LogP contribution in [0.25, 0.3) is 0 Å². The zero-order valence-electron chi connectivity index (χ0n) is 2.01. The normalized spacial score (nSPS) is 5.00. The number of hydrogen-bond acceptors (Lipinski definition) is 1. The van der Waals surface area contributed by atoms with Crippen LogP contribution in [0, 0.1) is 11.3 Å². The van der Waals surface area contributed by atoms with Crippen LogP contribution in [0.2, 0.25) is 4.98 Å². The minimum absolute atomic E-state index is 0.653. The summed E-state index contributed by atoms with van der Waals surface area (Å²) in [6, 6.07) is 1.94. The number of nitriles is 1. The fourth-order valence-corrected chi connectivity index (χ4v) is 0. The van der Waals surface area contributed by atoms with Crippen LogP contribution in [0.3, 0.4) is 0 Å². The molecular formula is C2H2NOs. The van der Waals surface area contributed by atoms with E-state index in [1.54, 1.807) is 18.6 Å². The summed E-state index contributed by atoms with van der Waals surface area (Å²) in [6.45, 7) is 0.